The minimum atomic E-state index is -0.404. The lowest BCUT2D eigenvalue weighted by atomic mass is 10.1. The predicted octanol–water partition coefficient (Wildman–Crippen LogP) is 4.78. The van der Waals surface area contributed by atoms with Gasteiger partial charge in [0.15, 0.2) is 0 Å². The van der Waals surface area contributed by atoms with E-state index in [0.29, 0.717) is 0 Å². The van der Waals surface area contributed by atoms with Gasteiger partial charge in [-0.25, -0.2) is 0 Å². The van der Waals surface area contributed by atoms with Crippen LogP contribution in [0.1, 0.15) is 44.3 Å². The summed E-state index contributed by atoms with van der Waals surface area (Å²) in [7, 11) is 0. The first-order valence-corrected chi connectivity index (χ1v) is 8.05. The van der Waals surface area contributed by atoms with Crippen molar-refractivity contribution in [2.45, 2.75) is 43.6 Å². The summed E-state index contributed by atoms with van der Waals surface area (Å²) in [5.41, 5.74) is 0.968. The van der Waals surface area contributed by atoms with Gasteiger partial charge >= 0.3 is 0 Å². The average Bonchev–Trinajstić information content (AvgIpc) is 2.78. The normalized spacial score (nSPS) is 18.5. The molecule has 0 aromatic heterocycles. The van der Waals surface area contributed by atoms with Crippen molar-refractivity contribution >= 4 is 27.7 Å². The van der Waals surface area contributed by atoms with Gasteiger partial charge in [-0.3, -0.25) is 0 Å². The standard InChI is InChI=1S/C14H19BrOS/c1-10(16)13-7-6-12(8-14(13)15)17-9-11-4-2-3-5-11/h6-8,10-11,16H,2-5,9H2,1H3. The molecule has 0 radical (unpaired) electrons. The zero-order valence-electron chi connectivity index (χ0n) is 10.2. The summed E-state index contributed by atoms with van der Waals surface area (Å²) in [6.07, 6.45) is 5.23. The van der Waals surface area contributed by atoms with Crippen molar-refractivity contribution in [2.24, 2.45) is 5.92 Å². The Morgan fingerprint density at radius 2 is 2.12 bits per heavy atom. The Bertz CT molecular complexity index is 372. The van der Waals surface area contributed by atoms with Gasteiger partial charge in [-0.15, -0.1) is 11.8 Å². The Hall–Kier alpha value is 0.01000. The minimum Gasteiger partial charge on any atom is -0.389 e. The lowest BCUT2D eigenvalue weighted by molar-refractivity contribution is 0.198. The fourth-order valence-corrected chi connectivity index (χ4v) is 4.32. The maximum atomic E-state index is 9.56. The minimum absolute atomic E-state index is 0.404. The van der Waals surface area contributed by atoms with Crippen molar-refractivity contribution in [1.29, 1.82) is 0 Å². The summed E-state index contributed by atoms with van der Waals surface area (Å²) in [5, 5.41) is 9.56. The monoisotopic (exact) mass is 314 g/mol. The molecule has 0 saturated heterocycles. The van der Waals surface area contributed by atoms with E-state index in [1.54, 1.807) is 6.92 Å². The van der Waals surface area contributed by atoms with Crippen LogP contribution in [-0.4, -0.2) is 10.9 Å². The molecule has 3 heteroatoms. The maximum Gasteiger partial charge on any atom is 0.0772 e. The third kappa shape index (κ3) is 3.73. The molecular weight excluding hydrogens is 296 g/mol. The number of benzene rings is 1. The van der Waals surface area contributed by atoms with Gasteiger partial charge < -0.3 is 5.11 Å². The fraction of sp³-hybridized carbons (Fsp3) is 0.571. The Balaban J connectivity index is 1.94. The fourth-order valence-electron chi connectivity index (χ4n) is 2.33. The van der Waals surface area contributed by atoms with E-state index in [1.807, 2.05) is 17.8 Å². The van der Waals surface area contributed by atoms with Crippen LogP contribution in [0.2, 0.25) is 0 Å². The number of rotatable bonds is 4. The number of hydrogen-bond donors (Lipinski definition) is 1. The molecule has 0 heterocycles. The Morgan fingerprint density at radius 3 is 2.71 bits per heavy atom. The number of hydrogen-bond acceptors (Lipinski definition) is 2. The largest absolute Gasteiger partial charge is 0.389 e. The lowest BCUT2D eigenvalue weighted by Crippen LogP contribution is -1.97. The highest BCUT2D eigenvalue weighted by atomic mass is 79.9. The molecule has 0 spiro atoms. The SMILES string of the molecule is CC(O)c1ccc(SCC2CCCC2)cc1Br. The van der Waals surface area contributed by atoms with Crippen LogP contribution in [0, 0.1) is 5.92 Å². The van der Waals surface area contributed by atoms with Gasteiger partial charge in [0.1, 0.15) is 0 Å². The van der Waals surface area contributed by atoms with Gasteiger partial charge in [0.05, 0.1) is 6.10 Å². The Morgan fingerprint density at radius 1 is 1.41 bits per heavy atom. The van der Waals surface area contributed by atoms with Crippen LogP contribution in [0.3, 0.4) is 0 Å². The molecule has 0 amide bonds. The van der Waals surface area contributed by atoms with Crippen LogP contribution in [-0.2, 0) is 0 Å². The first kappa shape index (κ1) is 13.4. The molecule has 1 aromatic rings. The van der Waals surface area contributed by atoms with Crippen LogP contribution >= 0.6 is 27.7 Å². The molecular formula is C14H19BrOS. The van der Waals surface area contributed by atoms with Gasteiger partial charge in [-0.2, -0.15) is 0 Å². The predicted molar refractivity (Wildman–Crippen MR) is 77.5 cm³/mol. The highest BCUT2D eigenvalue weighted by Gasteiger charge is 2.15. The maximum absolute atomic E-state index is 9.56. The highest BCUT2D eigenvalue weighted by Crippen LogP contribution is 2.33. The topological polar surface area (TPSA) is 20.2 Å². The summed E-state index contributed by atoms with van der Waals surface area (Å²) in [6.45, 7) is 1.80. The van der Waals surface area contributed by atoms with Gasteiger partial charge in [0, 0.05) is 15.1 Å². The van der Waals surface area contributed by atoms with E-state index in [2.05, 4.69) is 28.1 Å². The second-order valence-electron chi connectivity index (χ2n) is 4.82. The molecule has 0 bridgehead atoms. The van der Waals surface area contributed by atoms with Gasteiger partial charge in [-0.1, -0.05) is 34.8 Å². The van der Waals surface area contributed by atoms with E-state index < -0.39 is 6.10 Å². The van der Waals surface area contributed by atoms with E-state index in [9.17, 15) is 5.11 Å². The van der Waals surface area contributed by atoms with Crippen molar-refractivity contribution in [3.05, 3.63) is 28.2 Å². The molecule has 1 aliphatic carbocycles. The second kappa shape index (κ2) is 6.26. The Kier molecular flexibility index (Phi) is 4.95. The molecule has 1 aliphatic rings. The molecule has 2 rings (SSSR count). The quantitative estimate of drug-likeness (QED) is 0.807. The van der Waals surface area contributed by atoms with E-state index in [1.165, 1.54) is 36.3 Å². The zero-order valence-corrected chi connectivity index (χ0v) is 12.6. The third-order valence-corrected chi connectivity index (χ3v) is 5.29. The molecule has 1 unspecified atom stereocenters. The molecule has 94 valence electrons. The number of aliphatic hydroxyl groups is 1. The smallest absolute Gasteiger partial charge is 0.0772 e. The summed E-state index contributed by atoms with van der Waals surface area (Å²) < 4.78 is 1.02. The van der Waals surface area contributed by atoms with Crippen molar-refractivity contribution in [3.63, 3.8) is 0 Å². The first-order valence-electron chi connectivity index (χ1n) is 6.27. The summed E-state index contributed by atoms with van der Waals surface area (Å²) in [6, 6.07) is 6.26. The van der Waals surface area contributed by atoms with Crippen LogP contribution in [0.15, 0.2) is 27.6 Å². The van der Waals surface area contributed by atoms with Gasteiger partial charge in [-0.05, 0) is 43.4 Å². The number of halogens is 1. The van der Waals surface area contributed by atoms with E-state index in [0.717, 1.165) is 16.0 Å². The lowest BCUT2D eigenvalue weighted by Gasteiger charge is -2.11. The molecule has 1 fully saturated rings. The molecule has 17 heavy (non-hydrogen) atoms. The number of aliphatic hydroxyl groups excluding tert-OH is 1. The van der Waals surface area contributed by atoms with Gasteiger partial charge in [0.2, 0.25) is 0 Å². The summed E-state index contributed by atoms with van der Waals surface area (Å²) in [5.74, 6) is 2.15. The van der Waals surface area contributed by atoms with Crippen molar-refractivity contribution in [3.8, 4) is 0 Å². The van der Waals surface area contributed by atoms with Crippen molar-refractivity contribution in [2.75, 3.05) is 5.75 Å². The van der Waals surface area contributed by atoms with Gasteiger partial charge in [0.25, 0.3) is 0 Å². The summed E-state index contributed by atoms with van der Waals surface area (Å²) in [4.78, 5) is 1.30. The molecule has 1 aromatic carbocycles. The van der Waals surface area contributed by atoms with E-state index >= 15 is 0 Å². The second-order valence-corrected chi connectivity index (χ2v) is 6.77. The Labute approximate surface area is 116 Å². The number of thioether (sulfide) groups is 1. The van der Waals surface area contributed by atoms with Crippen molar-refractivity contribution < 1.29 is 5.11 Å². The molecule has 1 saturated carbocycles. The van der Waals surface area contributed by atoms with E-state index in [4.69, 9.17) is 0 Å². The average molecular weight is 315 g/mol. The van der Waals surface area contributed by atoms with Crippen LogP contribution in [0.5, 0.6) is 0 Å². The molecule has 1 atom stereocenters. The summed E-state index contributed by atoms with van der Waals surface area (Å²) >= 11 is 5.47. The van der Waals surface area contributed by atoms with E-state index in [-0.39, 0.29) is 0 Å². The zero-order chi connectivity index (χ0) is 12.3. The third-order valence-electron chi connectivity index (χ3n) is 3.38. The van der Waals surface area contributed by atoms with Crippen LogP contribution in [0.4, 0.5) is 0 Å². The molecule has 0 aliphatic heterocycles. The highest BCUT2D eigenvalue weighted by molar-refractivity contribution is 9.10. The first-order chi connectivity index (χ1) is 8.16. The van der Waals surface area contributed by atoms with Crippen LogP contribution in [0.25, 0.3) is 0 Å². The molecule has 1 N–H and O–H groups in total. The van der Waals surface area contributed by atoms with Crippen molar-refractivity contribution in [1.82, 2.24) is 0 Å². The van der Waals surface area contributed by atoms with Crippen LogP contribution < -0.4 is 0 Å². The molecule has 1 nitrogen and oxygen atoms in total.